The van der Waals surface area contributed by atoms with Gasteiger partial charge in [0.25, 0.3) is 5.91 Å². The number of halogens is 3. The Morgan fingerprint density at radius 2 is 1.95 bits per heavy atom. The molecule has 1 atom stereocenters. The second-order valence-corrected chi connectivity index (χ2v) is 4.67. The Labute approximate surface area is 114 Å². The van der Waals surface area contributed by atoms with Gasteiger partial charge in [0.15, 0.2) is 0 Å². The molecule has 0 radical (unpaired) electrons. The van der Waals surface area contributed by atoms with Crippen molar-refractivity contribution in [3.63, 3.8) is 0 Å². The monoisotopic (exact) mass is 285 g/mol. The molecule has 0 aromatic heterocycles. The predicted molar refractivity (Wildman–Crippen MR) is 67.7 cm³/mol. The predicted octanol–water partition coefficient (Wildman–Crippen LogP) is 2.23. The highest BCUT2D eigenvalue weighted by atomic mass is 19.4. The Bertz CT molecular complexity index is 511. The number of hydrogen-bond donors (Lipinski definition) is 1. The van der Waals surface area contributed by atoms with Gasteiger partial charge in [-0.3, -0.25) is 4.79 Å². The quantitative estimate of drug-likeness (QED) is 0.905. The van der Waals surface area contributed by atoms with E-state index < -0.39 is 18.2 Å². The SMILES string of the molecule is O=C([C@H](O)C(F)(F)F)N1CCC(=Cc2ccccc2)C1. The molecular weight excluding hydrogens is 271 g/mol. The molecule has 1 amide bonds. The van der Waals surface area contributed by atoms with Crippen molar-refractivity contribution in [1.82, 2.24) is 4.90 Å². The van der Waals surface area contributed by atoms with Crippen LogP contribution in [0, 0.1) is 0 Å². The molecule has 0 unspecified atom stereocenters. The number of likely N-dealkylation sites (tertiary alicyclic amines) is 1. The van der Waals surface area contributed by atoms with Gasteiger partial charge in [-0.2, -0.15) is 13.2 Å². The van der Waals surface area contributed by atoms with Crippen LogP contribution >= 0.6 is 0 Å². The van der Waals surface area contributed by atoms with E-state index in [1.54, 1.807) is 0 Å². The van der Waals surface area contributed by atoms with Gasteiger partial charge in [0.05, 0.1) is 0 Å². The summed E-state index contributed by atoms with van der Waals surface area (Å²) in [6.07, 6.45) is -5.47. The first-order valence-corrected chi connectivity index (χ1v) is 6.16. The van der Waals surface area contributed by atoms with Crippen molar-refractivity contribution in [1.29, 1.82) is 0 Å². The smallest absolute Gasteiger partial charge is 0.376 e. The number of benzene rings is 1. The van der Waals surface area contributed by atoms with Crippen molar-refractivity contribution in [2.24, 2.45) is 0 Å². The highest BCUT2D eigenvalue weighted by Crippen LogP contribution is 2.25. The summed E-state index contributed by atoms with van der Waals surface area (Å²) in [6, 6.07) is 9.34. The number of nitrogens with zero attached hydrogens (tertiary/aromatic N) is 1. The number of carbonyl (C=O) groups excluding carboxylic acids is 1. The van der Waals surface area contributed by atoms with Crippen molar-refractivity contribution in [2.75, 3.05) is 13.1 Å². The summed E-state index contributed by atoms with van der Waals surface area (Å²) in [4.78, 5) is 12.6. The summed E-state index contributed by atoms with van der Waals surface area (Å²) in [5.41, 5.74) is 1.81. The molecule has 1 N–H and O–H groups in total. The van der Waals surface area contributed by atoms with Gasteiger partial charge < -0.3 is 10.0 Å². The topological polar surface area (TPSA) is 40.5 Å². The number of aliphatic hydroxyl groups excluding tert-OH is 1. The number of amides is 1. The molecule has 3 nitrogen and oxygen atoms in total. The van der Waals surface area contributed by atoms with Gasteiger partial charge in [0.2, 0.25) is 6.10 Å². The Kier molecular flexibility index (Phi) is 4.13. The highest BCUT2D eigenvalue weighted by molar-refractivity contribution is 5.82. The lowest BCUT2D eigenvalue weighted by atomic mass is 10.1. The molecule has 20 heavy (non-hydrogen) atoms. The number of aliphatic hydroxyl groups is 1. The molecule has 0 spiro atoms. The minimum Gasteiger partial charge on any atom is -0.376 e. The highest BCUT2D eigenvalue weighted by Gasteiger charge is 2.46. The van der Waals surface area contributed by atoms with Gasteiger partial charge in [0, 0.05) is 13.1 Å². The molecule has 1 aliphatic heterocycles. The Hall–Kier alpha value is -1.82. The van der Waals surface area contributed by atoms with Crippen molar-refractivity contribution >= 4 is 12.0 Å². The molecule has 1 fully saturated rings. The summed E-state index contributed by atoms with van der Waals surface area (Å²) < 4.78 is 36.9. The van der Waals surface area contributed by atoms with Crippen molar-refractivity contribution in [3.05, 3.63) is 41.5 Å². The van der Waals surface area contributed by atoms with Crippen LogP contribution in [-0.2, 0) is 4.79 Å². The first kappa shape index (κ1) is 14.6. The van der Waals surface area contributed by atoms with Crippen LogP contribution in [0.4, 0.5) is 13.2 Å². The zero-order valence-electron chi connectivity index (χ0n) is 10.6. The van der Waals surface area contributed by atoms with E-state index in [4.69, 9.17) is 5.11 Å². The van der Waals surface area contributed by atoms with E-state index in [2.05, 4.69) is 0 Å². The molecule has 1 aromatic carbocycles. The fourth-order valence-corrected chi connectivity index (χ4v) is 2.09. The van der Waals surface area contributed by atoms with Crippen LogP contribution in [-0.4, -0.2) is 41.3 Å². The molecule has 2 rings (SSSR count). The minimum atomic E-state index is -4.91. The summed E-state index contributed by atoms with van der Waals surface area (Å²) >= 11 is 0. The van der Waals surface area contributed by atoms with E-state index in [0.717, 1.165) is 16.0 Å². The third-order valence-corrected chi connectivity index (χ3v) is 3.12. The van der Waals surface area contributed by atoms with Crippen LogP contribution in [0.25, 0.3) is 6.08 Å². The number of rotatable bonds is 2. The second kappa shape index (κ2) is 5.66. The molecule has 0 saturated carbocycles. The molecule has 1 heterocycles. The Balaban J connectivity index is 2.03. The van der Waals surface area contributed by atoms with Gasteiger partial charge in [-0.25, -0.2) is 0 Å². The van der Waals surface area contributed by atoms with Gasteiger partial charge in [-0.15, -0.1) is 0 Å². The van der Waals surface area contributed by atoms with E-state index >= 15 is 0 Å². The van der Waals surface area contributed by atoms with Crippen molar-refractivity contribution in [2.45, 2.75) is 18.7 Å². The summed E-state index contributed by atoms with van der Waals surface area (Å²) in [5.74, 6) is -1.28. The number of alkyl halides is 3. The molecular formula is C14H14F3NO2. The second-order valence-electron chi connectivity index (χ2n) is 4.67. The lowest BCUT2D eigenvalue weighted by molar-refractivity contribution is -0.210. The van der Waals surface area contributed by atoms with Crippen molar-refractivity contribution < 1.29 is 23.1 Å². The van der Waals surface area contributed by atoms with Crippen LogP contribution in [0.5, 0.6) is 0 Å². The third-order valence-electron chi connectivity index (χ3n) is 3.12. The fraction of sp³-hybridized carbons (Fsp3) is 0.357. The molecule has 1 aromatic rings. The average Bonchev–Trinajstić information content (AvgIpc) is 2.85. The maximum absolute atomic E-state index is 12.3. The fourth-order valence-electron chi connectivity index (χ4n) is 2.09. The molecule has 108 valence electrons. The van der Waals surface area contributed by atoms with Crippen LogP contribution in [0.15, 0.2) is 35.9 Å². The zero-order chi connectivity index (χ0) is 14.8. The first-order chi connectivity index (χ1) is 9.38. The normalized spacial score (nSPS) is 19.4. The molecule has 1 aliphatic rings. The van der Waals surface area contributed by atoms with E-state index in [-0.39, 0.29) is 13.1 Å². The Morgan fingerprint density at radius 3 is 2.55 bits per heavy atom. The van der Waals surface area contributed by atoms with Crippen LogP contribution in [0.3, 0.4) is 0 Å². The number of carbonyl (C=O) groups is 1. The third kappa shape index (κ3) is 3.39. The van der Waals surface area contributed by atoms with Gasteiger partial charge in [0.1, 0.15) is 0 Å². The molecule has 0 bridgehead atoms. The molecule has 6 heteroatoms. The first-order valence-electron chi connectivity index (χ1n) is 6.16. The van der Waals surface area contributed by atoms with Gasteiger partial charge >= 0.3 is 6.18 Å². The lowest BCUT2D eigenvalue weighted by Gasteiger charge is -2.20. The van der Waals surface area contributed by atoms with E-state index in [1.807, 2.05) is 36.4 Å². The Morgan fingerprint density at radius 1 is 1.30 bits per heavy atom. The van der Waals surface area contributed by atoms with Gasteiger partial charge in [-0.1, -0.05) is 36.4 Å². The van der Waals surface area contributed by atoms with Crippen LogP contribution in [0.1, 0.15) is 12.0 Å². The molecule has 0 aliphatic carbocycles. The lowest BCUT2D eigenvalue weighted by Crippen LogP contribution is -2.45. The minimum absolute atomic E-state index is 0.126. The van der Waals surface area contributed by atoms with E-state index in [9.17, 15) is 18.0 Å². The summed E-state index contributed by atoms with van der Waals surface area (Å²) in [6.45, 7) is 0.325. The standard InChI is InChI=1S/C14H14F3NO2/c15-14(16,17)12(19)13(20)18-7-6-11(9-18)8-10-4-2-1-3-5-10/h1-5,8,12,19H,6-7,9H2/t12-/m0/s1. The maximum Gasteiger partial charge on any atom is 0.423 e. The van der Waals surface area contributed by atoms with Crippen LogP contribution < -0.4 is 0 Å². The number of hydrogen-bond acceptors (Lipinski definition) is 2. The average molecular weight is 285 g/mol. The zero-order valence-corrected chi connectivity index (χ0v) is 10.6. The van der Waals surface area contributed by atoms with E-state index in [1.165, 1.54) is 0 Å². The summed E-state index contributed by atoms with van der Waals surface area (Å²) in [7, 11) is 0. The van der Waals surface area contributed by atoms with Crippen molar-refractivity contribution in [3.8, 4) is 0 Å². The maximum atomic E-state index is 12.3. The summed E-state index contributed by atoms with van der Waals surface area (Å²) in [5, 5.41) is 8.95. The van der Waals surface area contributed by atoms with Gasteiger partial charge in [-0.05, 0) is 17.6 Å². The molecule has 1 saturated heterocycles. The van der Waals surface area contributed by atoms with Crippen LogP contribution in [0.2, 0.25) is 0 Å². The largest absolute Gasteiger partial charge is 0.423 e. The van der Waals surface area contributed by atoms with E-state index in [0.29, 0.717) is 6.42 Å².